The van der Waals surface area contributed by atoms with E-state index in [1.54, 1.807) is 0 Å². The molecule has 0 heterocycles. The largest absolute Gasteiger partial charge is 0.480 e. The van der Waals surface area contributed by atoms with Gasteiger partial charge < -0.3 is 15.7 Å². The zero-order valence-corrected chi connectivity index (χ0v) is 14.5. The fraction of sp³-hybridized carbons (Fsp3) is 0.733. The highest BCUT2D eigenvalue weighted by molar-refractivity contribution is 6.01. The van der Waals surface area contributed by atoms with E-state index in [9.17, 15) is 19.2 Å². The average molecular weight is 345 g/mol. The number of hydrogen-bond donors (Lipinski definition) is 5. The van der Waals surface area contributed by atoms with E-state index in [2.05, 4.69) is 10.6 Å². The molecule has 2 atom stereocenters. The molecule has 0 aliphatic rings. The van der Waals surface area contributed by atoms with Crippen LogP contribution in [-0.4, -0.2) is 46.6 Å². The van der Waals surface area contributed by atoms with Crippen LogP contribution < -0.4 is 16.1 Å². The van der Waals surface area contributed by atoms with Crippen molar-refractivity contribution in [3.63, 3.8) is 0 Å². The van der Waals surface area contributed by atoms with Crippen LogP contribution >= 0.6 is 0 Å². The van der Waals surface area contributed by atoms with E-state index in [-0.39, 0.29) is 24.7 Å². The maximum absolute atomic E-state index is 12.3. The molecular formula is C15H27N3O6. The highest BCUT2D eigenvalue weighted by Crippen LogP contribution is 2.14. The van der Waals surface area contributed by atoms with Crippen molar-refractivity contribution < 1.29 is 29.5 Å². The Hall–Kier alpha value is -2.16. The summed E-state index contributed by atoms with van der Waals surface area (Å²) in [6.45, 7) is 6.76. The van der Waals surface area contributed by atoms with Gasteiger partial charge in [0.1, 0.15) is 18.5 Å². The zero-order chi connectivity index (χ0) is 18.9. The van der Waals surface area contributed by atoms with E-state index < -0.39 is 42.2 Å². The van der Waals surface area contributed by atoms with Crippen molar-refractivity contribution in [3.8, 4) is 0 Å². The second kappa shape index (κ2) is 10.6. The molecule has 0 aromatic rings. The first-order valence-electron chi connectivity index (χ1n) is 7.82. The predicted octanol–water partition coefficient (Wildman–Crippen LogP) is -0.114. The number of hydrogen-bond acceptors (Lipinski definition) is 5. The topological polar surface area (TPSA) is 145 Å². The first kappa shape index (κ1) is 21.8. The first-order chi connectivity index (χ1) is 11.1. The molecule has 3 amide bonds. The molecule has 0 aliphatic heterocycles. The van der Waals surface area contributed by atoms with Gasteiger partial charge in [0.2, 0.25) is 11.8 Å². The van der Waals surface area contributed by atoms with Crippen molar-refractivity contribution in [3.05, 3.63) is 0 Å². The summed E-state index contributed by atoms with van der Waals surface area (Å²) in [5, 5.41) is 22.1. The van der Waals surface area contributed by atoms with Crippen LogP contribution in [0, 0.1) is 17.8 Å². The minimum absolute atomic E-state index is 0.0161. The van der Waals surface area contributed by atoms with E-state index >= 15 is 0 Å². The standard InChI is InChI=1S/C15H27N3O6/c1-8(2)5-10(14(22)18-24)13(21)17-11(6-9(3)4)15(23)16-7-12(19)20/h8-11,24H,5-7H2,1-4H3,(H,16,23)(H,17,21)(H,18,22)(H,19,20)/t10?,11-/m0/s1. The molecule has 0 fully saturated rings. The van der Waals surface area contributed by atoms with E-state index in [0.29, 0.717) is 0 Å². The van der Waals surface area contributed by atoms with E-state index in [4.69, 9.17) is 10.3 Å². The van der Waals surface area contributed by atoms with Crippen LogP contribution in [0.4, 0.5) is 0 Å². The summed E-state index contributed by atoms with van der Waals surface area (Å²) >= 11 is 0. The Morgan fingerprint density at radius 3 is 1.83 bits per heavy atom. The van der Waals surface area contributed by atoms with Gasteiger partial charge in [0.05, 0.1) is 0 Å². The van der Waals surface area contributed by atoms with Crippen LogP contribution in [0.15, 0.2) is 0 Å². The van der Waals surface area contributed by atoms with Gasteiger partial charge in [-0.3, -0.25) is 24.4 Å². The van der Waals surface area contributed by atoms with E-state index in [1.807, 2.05) is 27.7 Å². The number of carbonyl (C=O) groups is 4. The number of carboxylic acids is 1. The number of aliphatic carboxylic acids is 1. The van der Waals surface area contributed by atoms with Crippen molar-refractivity contribution in [1.82, 2.24) is 16.1 Å². The summed E-state index contributed by atoms with van der Waals surface area (Å²) in [6, 6.07) is -0.960. The Balaban J connectivity index is 5.07. The lowest BCUT2D eigenvalue weighted by molar-refractivity contribution is -0.143. The van der Waals surface area contributed by atoms with Gasteiger partial charge in [-0.15, -0.1) is 0 Å². The van der Waals surface area contributed by atoms with Crippen molar-refractivity contribution in [1.29, 1.82) is 0 Å². The quantitative estimate of drug-likeness (QED) is 0.212. The third-order valence-corrected chi connectivity index (χ3v) is 3.20. The zero-order valence-electron chi connectivity index (χ0n) is 14.5. The Morgan fingerprint density at radius 2 is 1.42 bits per heavy atom. The molecule has 0 aliphatic carbocycles. The molecule has 9 heteroatoms. The predicted molar refractivity (Wildman–Crippen MR) is 84.9 cm³/mol. The molecule has 0 saturated heterocycles. The molecule has 0 bridgehead atoms. The molecule has 0 spiro atoms. The van der Waals surface area contributed by atoms with Crippen molar-refractivity contribution in [2.75, 3.05) is 6.54 Å². The Morgan fingerprint density at radius 1 is 0.875 bits per heavy atom. The molecule has 0 aromatic heterocycles. The van der Waals surface area contributed by atoms with Crippen molar-refractivity contribution >= 4 is 23.7 Å². The molecule has 0 saturated carbocycles. The summed E-state index contributed by atoms with van der Waals surface area (Å²) in [4.78, 5) is 46.6. The second-order valence-corrected chi connectivity index (χ2v) is 6.46. The molecule has 5 N–H and O–H groups in total. The summed E-state index contributed by atoms with van der Waals surface area (Å²) in [5.74, 6) is -4.44. The van der Waals surface area contributed by atoms with Crippen LogP contribution in [-0.2, 0) is 19.2 Å². The summed E-state index contributed by atoms with van der Waals surface area (Å²) in [5.41, 5.74) is 1.46. The van der Waals surface area contributed by atoms with Crippen molar-refractivity contribution in [2.45, 2.75) is 46.6 Å². The molecule has 9 nitrogen and oxygen atoms in total. The number of hydroxylamine groups is 1. The van der Waals surface area contributed by atoms with Crippen LogP contribution in [0.2, 0.25) is 0 Å². The van der Waals surface area contributed by atoms with Gasteiger partial charge in [-0.1, -0.05) is 27.7 Å². The van der Waals surface area contributed by atoms with Gasteiger partial charge in [-0.05, 0) is 24.7 Å². The molecule has 0 aromatic carbocycles. The van der Waals surface area contributed by atoms with Crippen LogP contribution in [0.25, 0.3) is 0 Å². The highest BCUT2D eigenvalue weighted by Gasteiger charge is 2.31. The van der Waals surface area contributed by atoms with Crippen LogP contribution in [0.3, 0.4) is 0 Å². The molecular weight excluding hydrogens is 318 g/mol. The Labute approximate surface area is 141 Å². The number of rotatable bonds is 10. The minimum Gasteiger partial charge on any atom is -0.480 e. The fourth-order valence-electron chi connectivity index (χ4n) is 2.14. The molecule has 1 unspecified atom stereocenters. The normalized spacial score (nSPS) is 13.3. The summed E-state index contributed by atoms with van der Waals surface area (Å²) < 4.78 is 0. The first-order valence-corrected chi connectivity index (χ1v) is 7.82. The Bertz CT molecular complexity index is 464. The monoisotopic (exact) mass is 345 g/mol. The molecule has 24 heavy (non-hydrogen) atoms. The number of carbonyl (C=O) groups excluding carboxylic acids is 3. The number of nitrogens with one attached hydrogen (secondary N) is 3. The molecule has 0 rings (SSSR count). The molecule has 138 valence electrons. The minimum atomic E-state index is -1.20. The lowest BCUT2D eigenvalue weighted by Crippen LogP contribution is -2.52. The average Bonchev–Trinajstić information content (AvgIpc) is 2.47. The summed E-state index contributed by atoms with van der Waals surface area (Å²) in [7, 11) is 0. The van der Waals surface area contributed by atoms with Gasteiger partial charge in [0.15, 0.2) is 0 Å². The fourth-order valence-corrected chi connectivity index (χ4v) is 2.14. The maximum atomic E-state index is 12.3. The third kappa shape index (κ3) is 8.47. The van der Waals surface area contributed by atoms with Gasteiger partial charge in [0.25, 0.3) is 5.91 Å². The smallest absolute Gasteiger partial charge is 0.322 e. The third-order valence-electron chi connectivity index (χ3n) is 3.20. The molecule has 0 radical (unpaired) electrons. The van der Waals surface area contributed by atoms with E-state index in [0.717, 1.165) is 0 Å². The summed E-state index contributed by atoms with van der Waals surface area (Å²) in [6.07, 6.45) is 0.482. The van der Waals surface area contributed by atoms with Crippen molar-refractivity contribution in [2.24, 2.45) is 17.8 Å². The van der Waals surface area contributed by atoms with E-state index in [1.165, 1.54) is 5.48 Å². The lowest BCUT2D eigenvalue weighted by Gasteiger charge is -2.23. The number of carboxylic acid groups (broad SMARTS) is 1. The maximum Gasteiger partial charge on any atom is 0.322 e. The lowest BCUT2D eigenvalue weighted by atomic mass is 9.94. The highest BCUT2D eigenvalue weighted by atomic mass is 16.5. The SMILES string of the molecule is CC(C)CC(C(=O)NO)C(=O)N[C@@H](CC(C)C)C(=O)NCC(=O)O. The second-order valence-electron chi connectivity index (χ2n) is 6.46. The van der Waals surface area contributed by atoms with Crippen LogP contribution in [0.5, 0.6) is 0 Å². The van der Waals surface area contributed by atoms with Crippen LogP contribution in [0.1, 0.15) is 40.5 Å². The van der Waals surface area contributed by atoms with Gasteiger partial charge >= 0.3 is 5.97 Å². The van der Waals surface area contributed by atoms with Gasteiger partial charge in [-0.25, -0.2) is 5.48 Å². The number of amides is 3. The Kier molecular flexibility index (Phi) is 9.63. The van der Waals surface area contributed by atoms with Gasteiger partial charge in [0, 0.05) is 0 Å². The van der Waals surface area contributed by atoms with Gasteiger partial charge in [-0.2, -0.15) is 0 Å².